The average Bonchev–Trinajstić information content (AvgIpc) is 2.38. The van der Waals surface area contributed by atoms with Crippen LogP contribution in [0.2, 0.25) is 0 Å². The second-order valence-electron chi connectivity index (χ2n) is 5.93. The Morgan fingerprint density at radius 1 is 1.28 bits per heavy atom. The van der Waals surface area contributed by atoms with E-state index in [4.69, 9.17) is 0 Å². The highest BCUT2D eigenvalue weighted by molar-refractivity contribution is 6.00. The predicted molar refractivity (Wildman–Crippen MR) is 75.6 cm³/mol. The second-order valence-corrected chi connectivity index (χ2v) is 5.93. The van der Waals surface area contributed by atoms with Gasteiger partial charge in [-0.15, -0.1) is 0 Å². The maximum atomic E-state index is 12.9. The number of piperidine rings is 1. The smallest absolute Gasteiger partial charge is 0.165 e. The molecule has 0 bridgehead atoms. The largest absolute Gasteiger partial charge is 0.316 e. The zero-order valence-corrected chi connectivity index (χ0v) is 11.8. The minimum atomic E-state index is -0.0940. The molecule has 0 radical (unpaired) electrons. The first-order chi connectivity index (χ1) is 8.78. The first-order valence-electron chi connectivity index (χ1n) is 7.73. The molecule has 1 unspecified atom stereocenters. The number of hydrogen-bond acceptors (Lipinski definition) is 2. The molecule has 102 valence electrons. The molecule has 2 rings (SSSR count). The topological polar surface area (TPSA) is 29.1 Å². The molecule has 0 spiro atoms. The van der Waals surface area contributed by atoms with Crippen molar-refractivity contribution in [3.63, 3.8) is 0 Å². The Balaban J connectivity index is 2.11. The van der Waals surface area contributed by atoms with E-state index in [1.54, 1.807) is 0 Å². The van der Waals surface area contributed by atoms with Crippen molar-refractivity contribution >= 4 is 5.78 Å². The van der Waals surface area contributed by atoms with Gasteiger partial charge >= 0.3 is 0 Å². The molecule has 1 aliphatic carbocycles. The molecule has 18 heavy (non-hydrogen) atoms. The third kappa shape index (κ3) is 3.03. The summed E-state index contributed by atoms with van der Waals surface area (Å²) in [4.78, 5) is 12.9. The van der Waals surface area contributed by atoms with Crippen LogP contribution in [0, 0.1) is 5.41 Å². The van der Waals surface area contributed by atoms with Crippen LogP contribution in [0.5, 0.6) is 0 Å². The van der Waals surface area contributed by atoms with Crippen LogP contribution in [-0.4, -0.2) is 18.9 Å². The van der Waals surface area contributed by atoms with Crippen LogP contribution in [0.25, 0.3) is 0 Å². The molecule has 1 atom stereocenters. The standard InChI is InChI=1S/C16H27NO/c1-2-16(11-8-12-17-13-16)15(18)14-9-6-4-3-5-7-10-14/h9,17H,2-8,10-13H2,1H3. The van der Waals surface area contributed by atoms with Gasteiger partial charge in [-0.25, -0.2) is 0 Å². The fraction of sp³-hybridized carbons (Fsp3) is 0.812. The molecule has 0 aromatic rings. The normalized spacial score (nSPS) is 30.2. The number of Topliss-reactive ketones (excluding diaryl/α,β-unsaturated/α-hetero) is 1. The number of ketones is 1. The predicted octanol–water partition coefficient (Wildman–Crippen LogP) is 3.62. The Bertz CT molecular complexity index is 313. The molecule has 2 aliphatic rings. The third-order valence-electron chi connectivity index (χ3n) is 4.71. The first-order valence-corrected chi connectivity index (χ1v) is 7.73. The molecule has 1 saturated heterocycles. The zero-order chi connectivity index (χ0) is 12.8. The van der Waals surface area contributed by atoms with Gasteiger partial charge in [0.2, 0.25) is 0 Å². The lowest BCUT2D eigenvalue weighted by molar-refractivity contribution is -0.126. The van der Waals surface area contributed by atoms with E-state index in [1.165, 1.54) is 25.7 Å². The Hall–Kier alpha value is -0.630. The van der Waals surface area contributed by atoms with Crippen LogP contribution in [0.15, 0.2) is 11.6 Å². The molecule has 0 aromatic heterocycles. The highest BCUT2D eigenvalue weighted by Gasteiger charge is 2.38. The molecule has 1 heterocycles. The summed E-state index contributed by atoms with van der Waals surface area (Å²) >= 11 is 0. The van der Waals surface area contributed by atoms with E-state index >= 15 is 0 Å². The van der Waals surface area contributed by atoms with Gasteiger partial charge in [-0.2, -0.15) is 0 Å². The number of carbonyl (C=O) groups is 1. The SMILES string of the molecule is CCC1(C(=O)C2=CCCCCCC2)CCCNC1. The van der Waals surface area contributed by atoms with Gasteiger partial charge < -0.3 is 5.32 Å². The van der Waals surface area contributed by atoms with E-state index < -0.39 is 0 Å². The third-order valence-corrected chi connectivity index (χ3v) is 4.71. The van der Waals surface area contributed by atoms with Gasteiger partial charge in [-0.05, 0) is 57.1 Å². The van der Waals surface area contributed by atoms with Crippen LogP contribution < -0.4 is 5.32 Å². The van der Waals surface area contributed by atoms with Crippen LogP contribution in [0.1, 0.15) is 64.7 Å². The summed E-state index contributed by atoms with van der Waals surface area (Å²) in [6.45, 7) is 4.14. The van der Waals surface area contributed by atoms with Gasteiger partial charge in [0.05, 0.1) is 0 Å². The van der Waals surface area contributed by atoms with Crippen molar-refractivity contribution < 1.29 is 4.79 Å². The molecule has 2 nitrogen and oxygen atoms in total. The number of nitrogens with one attached hydrogen (secondary N) is 1. The average molecular weight is 249 g/mol. The van der Waals surface area contributed by atoms with Crippen LogP contribution >= 0.6 is 0 Å². The van der Waals surface area contributed by atoms with Gasteiger partial charge in [0.15, 0.2) is 5.78 Å². The minimum Gasteiger partial charge on any atom is -0.316 e. The molecule has 1 N–H and O–H groups in total. The van der Waals surface area contributed by atoms with E-state index in [0.717, 1.165) is 50.8 Å². The highest BCUT2D eigenvalue weighted by Crippen LogP contribution is 2.35. The molecule has 1 aliphatic heterocycles. The van der Waals surface area contributed by atoms with E-state index in [1.807, 2.05) is 0 Å². The molecule has 0 amide bonds. The first kappa shape index (κ1) is 13.8. The molecule has 0 aromatic carbocycles. The van der Waals surface area contributed by atoms with Crippen molar-refractivity contribution in [1.82, 2.24) is 5.32 Å². The van der Waals surface area contributed by atoms with Crippen molar-refractivity contribution in [3.05, 3.63) is 11.6 Å². The van der Waals surface area contributed by atoms with Gasteiger partial charge in [0.25, 0.3) is 0 Å². The van der Waals surface area contributed by atoms with E-state index in [-0.39, 0.29) is 5.41 Å². The molecule has 0 saturated carbocycles. The summed E-state index contributed by atoms with van der Waals surface area (Å²) in [7, 11) is 0. The molecular weight excluding hydrogens is 222 g/mol. The van der Waals surface area contributed by atoms with Crippen molar-refractivity contribution in [2.75, 3.05) is 13.1 Å². The zero-order valence-electron chi connectivity index (χ0n) is 11.8. The van der Waals surface area contributed by atoms with Gasteiger partial charge in [-0.3, -0.25) is 4.79 Å². The lowest BCUT2D eigenvalue weighted by atomic mass is 9.71. The minimum absolute atomic E-state index is 0.0940. The van der Waals surface area contributed by atoms with E-state index in [2.05, 4.69) is 18.3 Å². The Morgan fingerprint density at radius 2 is 2.11 bits per heavy atom. The van der Waals surface area contributed by atoms with Crippen molar-refractivity contribution in [2.24, 2.45) is 5.41 Å². The maximum absolute atomic E-state index is 12.9. The number of allylic oxidation sites excluding steroid dienone is 2. The van der Waals surface area contributed by atoms with Gasteiger partial charge in [0.1, 0.15) is 0 Å². The van der Waals surface area contributed by atoms with Crippen LogP contribution in [-0.2, 0) is 4.79 Å². The number of hydrogen-bond donors (Lipinski definition) is 1. The van der Waals surface area contributed by atoms with E-state index in [9.17, 15) is 4.79 Å². The summed E-state index contributed by atoms with van der Waals surface area (Å²) < 4.78 is 0. The lowest BCUT2D eigenvalue weighted by Crippen LogP contribution is -2.45. The highest BCUT2D eigenvalue weighted by atomic mass is 16.1. The monoisotopic (exact) mass is 249 g/mol. The quantitative estimate of drug-likeness (QED) is 0.827. The summed E-state index contributed by atoms with van der Waals surface area (Å²) in [5.41, 5.74) is 1.05. The fourth-order valence-electron chi connectivity index (χ4n) is 3.36. The number of rotatable bonds is 3. The van der Waals surface area contributed by atoms with Crippen LogP contribution in [0.3, 0.4) is 0 Å². The van der Waals surface area contributed by atoms with Crippen molar-refractivity contribution in [3.8, 4) is 0 Å². The van der Waals surface area contributed by atoms with Crippen LogP contribution in [0.4, 0.5) is 0 Å². The number of carbonyl (C=O) groups excluding carboxylic acids is 1. The van der Waals surface area contributed by atoms with Gasteiger partial charge in [-0.1, -0.05) is 25.8 Å². The summed E-state index contributed by atoms with van der Waals surface area (Å²) in [6.07, 6.45) is 12.7. The van der Waals surface area contributed by atoms with Crippen molar-refractivity contribution in [1.29, 1.82) is 0 Å². The Kier molecular flexibility index (Phi) is 4.99. The molecule has 1 fully saturated rings. The molecule has 2 heteroatoms. The Labute approximate surface area is 111 Å². The molecular formula is C16H27NO. The fourth-order valence-corrected chi connectivity index (χ4v) is 3.36. The maximum Gasteiger partial charge on any atom is 0.165 e. The summed E-state index contributed by atoms with van der Waals surface area (Å²) in [5.74, 6) is 0.458. The van der Waals surface area contributed by atoms with Crippen molar-refractivity contribution in [2.45, 2.75) is 64.7 Å². The Morgan fingerprint density at radius 3 is 2.83 bits per heavy atom. The lowest BCUT2D eigenvalue weighted by Gasteiger charge is -2.36. The van der Waals surface area contributed by atoms with E-state index in [0.29, 0.717) is 5.78 Å². The van der Waals surface area contributed by atoms with Gasteiger partial charge in [0, 0.05) is 12.0 Å². The second kappa shape index (κ2) is 6.51. The summed E-state index contributed by atoms with van der Waals surface area (Å²) in [6, 6.07) is 0. The summed E-state index contributed by atoms with van der Waals surface area (Å²) in [5, 5.41) is 3.43.